The number of halogens is 4. The Hall–Kier alpha value is -2.38. The number of hydrogen-bond donors (Lipinski definition) is 2. The molecule has 1 aromatic carbocycles. The van der Waals surface area contributed by atoms with Crippen LogP contribution in [0.1, 0.15) is 11.3 Å². The van der Waals surface area contributed by atoms with Crippen molar-refractivity contribution >= 4 is 5.84 Å². The molecule has 1 heterocycles. The number of aromatic nitrogens is 2. The van der Waals surface area contributed by atoms with Gasteiger partial charge in [0.25, 0.3) is 0 Å². The zero-order valence-corrected chi connectivity index (χ0v) is 9.37. The van der Waals surface area contributed by atoms with E-state index in [2.05, 4.69) is 5.10 Å². The second-order valence-corrected chi connectivity index (χ2v) is 3.71. The van der Waals surface area contributed by atoms with Crippen LogP contribution in [0.25, 0.3) is 5.69 Å². The molecule has 0 amide bonds. The van der Waals surface area contributed by atoms with Crippen LogP contribution in [0, 0.1) is 11.2 Å². The molecule has 0 aliphatic rings. The van der Waals surface area contributed by atoms with Crippen LogP contribution < -0.4 is 5.73 Å². The molecule has 0 saturated carbocycles. The first-order valence-electron chi connectivity index (χ1n) is 5.06. The smallest absolute Gasteiger partial charge is 0.384 e. The van der Waals surface area contributed by atoms with Gasteiger partial charge < -0.3 is 5.73 Å². The third-order valence-corrected chi connectivity index (χ3v) is 2.40. The van der Waals surface area contributed by atoms with Crippen molar-refractivity contribution in [3.8, 4) is 5.69 Å². The van der Waals surface area contributed by atoms with Gasteiger partial charge in [-0.1, -0.05) is 0 Å². The first-order valence-corrected chi connectivity index (χ1v) is 5.06. The maximum atomic E-state index is 13.0. The fourth-order valence-corrected chi connectivity index (χ4v) is 1.60. The molecular weight excluding hydrogens is 264 g/mol. The molecule has 0 fully saturated rings. The van der Waals surface area contributed by atoms with Gasteiger partial charge in [-0.05, 0) is 24.3 Å². The van der Waals surface area contributed by atoms with E-state index < -0.39 is 29.1 Å². The number of alkyl halides is 3. The normalized spacial score (nSPS) is 11.6. The van der Waals surface area contributed by atoms with E-state index in [1.807, 2.05) is 0 Å². The van der Waals surface area contributed by atoms with Crippen LogP contribution in [0.15, 0.2) is 30.5 Å². The minimum atomic E-state index is -4.73. The number of benzene rings is 1. The first kappa shape index (κ1) is 13.1. The second-order valence-electron chi connectivity index (χ2n) is 3.71. The summed E-state index contributed by atoms with van der Waals surface area (Å²) in [7, 11) is 0. The summed E-state index contributed by atoms with van der Waals surface area (Å²) < 4.78 is 52.3. The summed E-state index contributed by atoms with van der Waals surface area (Å²) in [6.07, 6.45) is -3.87. The number of nitrogens with zero attached hydrogens (tertiary/aromatic N) is 2. The van der Waals surface area contributed by atoms with E-state index in [0.29, 0.717) is 4.68 Å². The molecule has 8 heteroatoms. The molecule has 0 aliphatic carbocycles. The quantitative estimate of drug-likeness (QED) is 0.500. The summed E-state index contributed by atoms with van der Waals surface area (Å²) in [5.74, 6) is -1.31. The van der Waals surface area contributed by atoms with Gasteiger partial charge >= 0.3 is 6.18 Å². The Kier molecular flexibility index (Phi) is 3.01. The third-order valence-electron chi connectivity index (χ3n) is 2.40. The molecule has 0 bridgehead atoms. The van der Waals surface area contributed by atoms with Crippen molar-refractivity contribution in [1.29, 1.82) is 5.41 Å². The number of nitrogen functional groups attached to an aromatic ring is 1. The number of amidine groups is 1. The van der Waals surface area contributed by atoms with Gasteiger partial charge in [0.1, 0.15) is 11.7 Å². The molecule has 0 saturated heterocycles. The van der Waals surface area contributed by atoms with Crippen molar-refractivity contribution in [3.63, 3.8) is 0 Å². The van der Waals surface area contributed by atoms with E-state index in [-0.39, 0.29) is 5.69 Å². The third kappa shape index (κ3) is 2.42. The SMILES string of the molecule is N=C(N)c1cnn(-c2ccc(F)cc2)c1C(F)(F)F. The van der Waals surface area contributed by atoms with Crippen LogP contribution in [-0.4, -0.2) is 15.6 Å². The molecule has 4 nitrogen and oxygen atoms in total. The van der Waals surface area contributed by atoms with Crippen LogP contribution in [0.4, 0.5) is 17.6 Å². The van der Waals surface area contributed by atoms with Gasteiger partial charge in [-0.25, -0.2) is 9.07 Å². The van der Waals surface area contributed by atoms with Crippen LogP contribution in [0.3, 0.4) is 0 Å². The van der Waals surface area contributed by atoms with Crippen molar-refractivity contribution in [1.82, 2.24) is 9.78 Å². The summed E-state index contributed by atoms with van der Waals surface area (Å²) in [6.45, 7) is 0. The summed E-state index contributed by atoms with van der Waals surface area (Å²) in [5.41, 5.74) is 3.45. The van der Waals surface area contributed by atoms with Crippen molar-refractivity contribution in [2.24, 2.45) is 5.73 Å². The van der Waals surface area contributed by atoms with Crippen LogP contribution in [0.5, 0.6) is 0 Å². The predicted octanol–water partition coefficient (Wildman–Crippen LogP) is 2.31. The number of rotatable bonds is 2. The van der Waals surface area contributed by atoms with Gasteiger partial charge in [0, 0.05) is 0 Å². The lowest BCUT2D eigenvalue weighted by atomic mass is 10.2. The first-order chi connectivity index (χ1) is 8.80. The standard InChI is InChI=1S/C11H8F4N4/c12-6-1-3-7(4-2-6)19-9(11(13,14)15)8(5-18-19)10(16)17/h1-5H,(H3,16,17). The fraction of sp³-hybridized carbons (Fsp3) is 0.0909. The number of nitrogens with one attached hydrogen (secondary N) is 1. The molecule has 2 rings (SSSR count). The lowest BCUT2D eigenvalue weighted by Gasteiger charge is -2.12. The molecule has 0 atom stereocenters. The van der Waals surface area contributed by atoms with Gasteiger partial charge in [0.05, 0.1) is 17.4 Å². The van der Waals surface area contributed by atoms with Crippen LogP contribution in [0.2, 0.25) is 0 Å². The maximum absolute atomic E-state index is 13.0. The van der Waals surface area contributed by atoms with Crippen LogP contribution in [-0.2, 0) is 6.18 Å². The largest absolute Gasteiger partial charge is 0.434 e. The van der Waals surface area contributed by atoms with Crippen molar-refractivity contribution in [3.05, 3.63) is 47.5 Å². The van der Waals surface area contributed by atoms with Crippen LogP contribution >= 0.6 is 0 Å². The summed E-state index contributed by atoms with van der Waals surface area (Å²) in [6, 6.07) is 4.35. The summed E-state index contributed by atoms with van der Waals surface area (Å²) >= 11 is 0. The Balaban J connectivity index is 2.64. The van der Waals surface area contributed by atoms with Crippen molar-refractivity contribution in [2.75, 3.05) is 0 Å². The lowest BCUT2D eigenvalue weighted by Crippen LogP contribution is -2.20. The summed E-state index contributed by atoms with van der Waals surface area (Å²) in [5, 5.41) is 10.7. The highest BCUT2D eigenvalue weighted by atomic mass is 19.4. The Morgan fingerprint density at radius 3 is 2.26 bits per heavy atom. The highest BCUT2D eigenvalue weighted by Crippen LogP contribution is 2.33. The monoisotopic (exact) mass is 272 g/mol. The fourth-order valence-electron chi connectivity index (χ4n) is 1.60. The zero-order valence-electron chi connectivity index (χ0n) is 9.37. The van der Waals surface area contributed by atoms with Gasteiger partial charge in [-0.15, -0.1) is 0 Å². The van der Waals surface area contributed by atoms with E-state index in [9.17, 15) is 17.6 Å². The molecule has 3 N–H and O–H groups in total. The van der Waals surface area contributed by atoms with Crippen molar-refractivity contribution < 1.29 is 17.6 Å². The Morgan fingerprint density at radius 1 is 1.21 bits per heavy atom. The van der Waals surface area contributed by atoms with E-state index in [1.165, 1.54) is 0 Å². The predicted molar refractivity (Wildman–Crippen MR) is 59.5 cm³/mol. The van der Waals surface area contributed by atoms with E-state index >= 15 is 0 Å². The molecule has 2 aromatic rings. The zero-order chi connectivity index (χ0) is 14.2. The van der Waals surface area contributed by atoms with E-state index in [4.69, 9.17) is 11.1 Å². The Morgan fingerprint density at radius 2 is 1.79 bits per heavy atom. The second kappa shape index (κ2) is 4.38. The van der Waals surface area contributed by atoms with E-state index in [0.717, 1.165) is 30.5 Å². The number of nitrogens with two attached hydrogens (primary N) is 1. The average molecular weight is 272 g/mol. The topological polar surface area (TPSA) is 67.7 Å². The molecule has 100 valence electrons. The average Bonchev–Trinajstić information content (AvgIpc) is 2.74. The molecule has 0 unspecified atom stereocenters. The molecule has 0 aliphatic heterocycles. The minimum absolute atomic E-state index is 0.0289. The summed E-state index contributed by atoms with van der Waals surface area (Å²) in [4.78, 5) is 0. The highest BCUT2D eigenvalue weighted by molar-refractivity contribution is 5.96. The van der Waals surface area contributed by atoms with Gasteiger partial charge in [0.15, 0.2) is 5.69 Å². The molecule has 0 spiro atoms. The van der Waals surface area contributed by atoms with Gasteiger partial charge in [0.2, 0.25) is 0 Å². The highest BCUT2D eigenvalue weighted by Gasteiger charge is 2.39. The Labute approximate surface area is 105 Å². The maximum Gasteiger partial charge on any atom is 0.434 e. The van der Waals surface area contributed by atoms with Gasteiger partial charge in [-0.2, -0.15) is 18.3 Å². The molecular formula is C11H8F4N4. The number of hydrogen-bond acceptors (Lipinski definition) is 2. The van der Waals surface area contributed by atoms with Gasteiger partial charge in [-0.3, -0.25) is 5.41 Å². The Bertz CT molecular complexity index is 613. The lowest BCUT2D eigenvalue weighted by molar-refractivity contribution is -0.142. The molecule has 1 aromatic heterocycles. The van der Waals surface area contributed by atoms with E-state index in [1.54, 1.807) is 0 Å². The molecule has 19 heavy (non-hydrogen) atoms. The minimum Gasteiger partial charge on any atom is -0.384 e. The molecule has 0 radical (unpaired) electrons. The van der Waals surface area contributed by atoms with Crippen molar-refractivity contribution in [2.45, 2.75) is 6.18 Å².